The summed E-state index contributed by atoms with van der Waals surface area (Å²) in [5.41, 5.74) is 3.28. The number of aromatic hydroxyl groups is 1. The summed E-state index contributed by atoms with van der Waals surface area (Å²) in [5, 5.41) is 13.4. The lowest BCUT2D eigenvalue weighted by molar-refractivity contribution is 0.171. The average Bonchev–Trinajstić information content (AvgIpc) is 3.47. The van der Waals surface area contributed by atoms with Gasteiger partial charge in [-0.05, 0) is 55.7 Å². The minimum atomic E-state index is -2.90. The van der Waals surface area contributed by atoms with Gasteiger partial charge in [-0.2, -0.15) is 0 Å². The Balaban J connectivity index is 1.22. The van der Waals surface area contributed by atoms with Gasteiger partial charge in [-0.15, -0.1) is 0 Å². The van der Waals surface area contributed by atoms with Gasteiger partial charge in [0.25, 0.3) is 5.56 Å². The number of sulfone groups is 1. The molecule has 2 aliphatic rings. The maximum atomic E-state index is 13.2. The van der Waals surface area contributed by atoms with Gasteiger partial charge in [0.2, 0.25) is 5.75 Å². The lowest BCUT2D eigenvalue weighted by Gasteiger charge is -2.27. The van der Waals surface area contributed by atoms with Crippen LogP contribution in [-0.2, 0) is 22.9 Å². The lowest BCUT2D eigenvalue weighted by atomic mass is 10.0. The predicted molar refractivity (Wildman–Crippen MR) is 155 cm³/mol. The second kappa shape index (κ2) is 11.8. The van der Waals surface area contributed by atoms with E-state index >= 15 is 0 Å². The van der Waals surface area contributed by atoms with E-state index in [1.54, 1.807) is 9.80 Å². The van der Waals surface area contributed by atoms with Crippen LogP contribution in [0, 0.1) is 11.8 Å². The zero-order valence-corrected chi connectivity index (χ0v) is 23.8. The number of nitrogens with zero attached hydrogens (tertiary/aromatic N) is 3. The standard InChI is InChI=1S/C30H33N5O5S/c1-20(2)35-27(17-34(30(35)38)16-26-28(36)29(37)33-19-32-26)24-11-9-22(10-12-24)4-3-21-5-7-23(8-6-21)15-31-25-13-14-41(39,40)18-25/h5-12,19-20,25,27,31,36H,13-18H2,1-2H3,(H,32,33,37). The first-order valence-corrected chi connectivity index (χ1v) is 15.4. The lowest BCUT2D eigenvalue weighted by Crippen LogP contribution is -2.37. The molecular weight excluding hydrogens is 542 g/mol. The molecule has 5 rings (SSSR count). The summed E-state index contributed by atoms with van der Waals surface area (Å²) in [4.78, 5) is 34.7. The molecule has 3 N–H and O–H groups in total. The molecule has 3 heterocycles. The maximum Gasteiger partial charge on any atom is 0.321 e. The number of carbonyl (C=O) groups excluding carboxylic acids is 1. The SMILES string of the molecule is CC(C)N1C(=O)N(Cc2nc[nH]c(=O)c2O)CC1c1ccc(C#Cc2ccc(CNC3CCS(=O)(=O)C3)cc2)cc1. The topological polar surface area (TPSA) is 136 Å². The molecule has 0 aliphatic carbocycles. The van der Waals surface area contributed by atoms with Crippen LogP contribution in [0.1, 0.15) is 54.3 Å². The molecule has 2 atom stereocenters. The van der Waals surface area contributed by atoms with Gasteiger partial charge in [0.15, 0.2) is 9.84 Å². The van der Waals surface area contributed by atoms with E-state index in [0.29, 0.717) is 19.5 Å². The predicted octanol–water partition coefficient (Wildman–Crippen LogP) is 2.54. The quantitative estimate of drug-likeness (QED) is 0.369. The molecule has 2 saturated heterocycles. The smallest absolute Gasteiger partial charge is 0.321 e. The summed E-state index contributed by atoms with van der Waals surface area (Å²) in [7, 11) is -2.90. The molecule has 0 saturated carbocycles. The van der Waals surface area contributed by atoms with Crippen LogP contribution in [0.15, 0.2) is 59.7 Å². The summed E-state index contributed by atoms with van der Waals surface area (Å²) in [6.45, 7) is 4.96. The number of hydrogen-bond donors (Lipinski definition) is 3. The fraction of sp³-hybridized carbons (Fsp3) is 0.367. The highest BCUT2D eigenvalue weighted by atomic mass is 32.2. The molecule has 10 nitrogen and oxygen atoms in total. The van der Waals surface area contributed by atoms with Gasteiger partial charge in [0.05, 0.1) is 30.4 Å². The Hall–Kier alpha value is -4.14. The van der Waals surface area contributed by atoms with Crippen LogP contribution in [0.5, 0.6) is 5.75 Å². The van der Waals surface area contributed by atoms with Crippen molar-refractivity contribution in [2.45, 2.75) is 51.5 Å². The van der Waals surface area contributed by atoms with Crippen molar-refractivity contribution in [3.05, 3.63) is 93.2 Å². The Morgan fingerprint density at radius 2 is 1.73 bits per heavy atom. The van der Waals surface area contributed by atoms with Gasteiger partial charge in [0.1, 0.15) is 5.69 Å². The highest BCUT2D eigenvalue weighted by Gasteiger charge is 2.40. The van der Waals surface area contributed by atoms with Crippen molar-refractivity contribution in [2.24, 2.45) is 0 Å². The molecule has 0 spiro atoms. The van der Waals surface area contributed by atoms with Crippen LogP contribution in [-0.4, -0.2) is 69.5 Å². The molecule has 0 radical (unpaired) electrons. The maximum absolute atomic E-state index is 13.2. The first-order chi connectivity index (χ1) is 19.6. The first kappa shape index (κ1) is 28.4. The van der Waals surface area contributed by atoms with Gasteiger partial charge in [-0.3, -0.25) is 4.79 Å². The molecule has 214 valence electrons. The van der Waals surface area contributed by atoms with Crippen molar-refractivity contribution in [3.63, 3.8) is 0 Å². The fourth-order valence-corrected chi connectivity index (χ4v) is 6.94. The summed E-state index contributed by atoms with van der Waals surface area (Å²) in [5.74, 6) is 6.36. The van der Waals surface area contributed by atoms with E-state index in [0.717, 1.165) is 22.3 Å². The molecule has 11 heteroatoms. The van der Waals surface area contributed by atoms with E-state index in [1.807, 2.05) is 62.4 Å². The number of amides is 2. The largest absolute Gasteiger partial charge is 0.502 e. The van der Waals surface area contributed by atoms with Crippen molar-refractivity contribution < 1.29 is 18.3 Å². The van der Waals surface area contributed by atoms with E-state index in [2.05, 4.69) is 27.1 Å². The number of aromatic amines is 1. The molecule has 1 aromatic heterocycles. The molecule has 2 amide bonds. The molecule has 2 unspecified atom stereocenters. The van der Waals surface area contributed by atoms with Crippen LogP contribution in [0.2, 0.25) is 0 Å². The number of nitrogens with one attached hydrogen (secondary N) is 2. The minimum Gasteiger partial charge on any atom is -0.502 e. The summed E-state index contributed by atoms with van der Waals surface area (Å²) in [6, 6.07) is 15.3. The van der Waals surface area contributed by atoms with E-state index in [4.69, 9.17) is 0 Å². The normalized spacial score (nSPS) is 19.9. The third-order valence-electron chi connectivity index (χ3n) is 7.45. The Bertz CT molecular complexity index is 1640. The summed E-state index contributed by atoms with van der Waals surface area (Å²) < 4.78 is 23.3. The van der Waals surface area contributed by atoms with E-state index in [-0.39, 0.29) is 47.9 Å². The van der Waals surface area contributed by atoms with Crippen LogP contribution in [0.25, 0.3) is 0 Å². The average molecular weight is 576 g/mol. The minimum absolute atomic E-state index is 0.0144. The van der Waals surface area contributed by atoms with E-state index in [1.165, 1.54) is 6.33 Å². The zero-order valence-electron chi connectivity index (χ0n) is 23.0. The summed E-state index contributed by atoms with van der Waals surface area (Å²) in [6.07, 6.45) is 1.88. The third-order valence-corrected chi connectivity index (χ3v) is 9.22. The van der Waals surface area contributed by atoms with Crippen LogP contribution in [0.3, 0.4) is 0 Å². The number of carbonyl (C=O) groups is 1. The second-order valence-electron chi connectivity index (χ2n) is 10.8. The van der Waals surface area contributed by atoms with E-state index < -0.39 is 21.1 Å². The second-order valence-corrected chi connectivity index (χ2v) is 13.0. The Morgan fingerprint density at radius 1 is 1.07 bits per heavy atom. The van der Waals surface area contributed by atoms with Gasteiger partial charge >= 0.3 is 6.03 Å². The van der Waals surface area contributed by atoms with Crippen LogP contribution < -0.4 is 10.9 Å². The molecule has 2 aromatic carbocycles. The van der Waals surface area contributed by atoms with Crippen molar-refractivity contribution in [1.29, 1.82) is 0 Å². The molecule has 2 fully saturated rings. The number of hydrogen-bond acceptors (Lipinski definition) is 7. The highest BCUT2D eigenvalue weighted by Crippen LogP contribution is 2.33. The zero-order chi connectivity index (χ0) is 29.1. The van der Waals surface area contributed by atoms with Crippen molar-refractivity contribution in [3.8, 4) is 17.6 Å². The van der Waals surface area contributed by atoms with Crippen LogP contribution in [0.4, 0.5) is 4.79 Å². The monoisotopic (exact) mass is 575 g/mol. The summed E-state index contributed by atoms with van der Waals surface area (Å²) >= 11 is 0. The highest BCUT2D eigenvalue weighted by molar-refractivity contribution is 7.91. The molecule has 0 bridgehead atoms. The van der Waals surface area contributed by atoms with Crippen molar-refractivity contribution in [2.75, 3.05) is 18.1 Å². The molecule has 41 heavy (non-hydrogen) atoms. The fourth-order valence-electron chi connectivity index (χ4n) is 5.23. The van der Waals surface area contributed by atoms with Gasteiger partial charge < -0.3 is 25.2 Å². The third kappa shape index (κ3) is 6.61. The molecule has 3 aromatic rings. The first-order valence-electron chi connectivity index (χ1n) is 13.6. The Labute approximate surface area is 239 Å². The number of benzene rings is 2. The van der Waals surface area contributed by atoms with E-state index in [9.17, 15) is 23.1 Å². The van der Waals surface area contributed by atoms with Gasteiger partial charge in [-0.1, -0.05) is 36.1 Å². The number of aromatic nitrogens is 2. The molecular formula is C30H33N5O5S. The number of H-pyrrole nitrogens is 1. The number of rotatable bonds is 7. The van der Waals surface area contributed by atoms with Crippen LogP contribution >= 0.6 is 0 Å². The molecule has 2 aliphatic heterocycles. The Morgan fingerprint density at radius 3 is 2.34 bits per heavy atom. The van der Waals surface area contributed by atoms with Gasteiger partial charge in [-0.25, -0.2) is 18.2 Å². The van der Waals surface area contributed by atoms with Crippen molar-refractivity contribution >= 4 is 15.9 Å². The van der Waals surface area contributed by atoms with Gasteiger partial charge in [0, 0.05) is 36.3 Å². The number of urea groups is 1. The Kier molecular flexibility index (Phi) is 8.15. The van der Waals surface area contributed by atoms with Crippen molar-refractivity contribution in [1.82, 2.24) is 25.1 Å².